The van der Waals surface area contributed by atoms with Gasteiger partial charge in [0.25, 0.3) is 0 Å². The van der Waals surface area contributed by atoms with E-state index in [1.807, 2.05) is 30.3 Å². The van der Waals surface area contributed by atoms with Crippen molar-refractivity contribution >= 4 is 10.9 Å². The Hall–Kier alpha value is -2.30. The fraction of sp³-hybridized carbons (Fsp3) is 0.0909. The summed E-state index contributed by atoms with van der Waals surface area (Å²) >= 11 is 0. The van der Waals surface area contributed by atoms with Gasteiger partial charge in [0.1, 0.15) is 5.69 Å². The van der Waals surface area contributed by atoms with Crippen molar-refractivity contribution < 1.29 is 0 Å². The number of aromatic nitrogens is 5. The van der Waals surface area contributed by atoms with Crippen LogP contribution in [0, 0.1) is 6.92 Å². The molecule has 0 fully saturated rings. The van der Waals surface area contributed by atoms with E-state index in [4.69, 9.17) is 0 Å². The van der Waals surface area contributed by atoms with E-state index in [9.17, 15) is 0 Å². The molecule has 78 valence electrons. The third-order valence-electron chi connectivity index (χ3n) is 2.32. The molecule has 0 N–H and O–H groups in total. The largest absolute Gasteiger partial charge is 0.254 e. The van der Waals surface area contributed by atoms with Gasteiger partial charge in [-0.25, -0.2) is 0 Å². The van der Waals surface area contributed by atoms with E-state index in [0.717, 1.165) is 16.6 Å². The maximum Gasteiger partial charge on any atom is 0.172 e. The van der Waals surface area contributed by atoms with Crippen LogP contribution in [0.3, 0.4) is 0 Å². The van der Waals surface area contributed by atoms with Crippen molar-refractivity contribution in [1.82, 2.24) is 25.2 Å². The van der Waals surface area contributed by atoms with Crippen molar-refractivity contribution in [3.05, 3.63) is 42.4 Å². The molecule has 2 heterocycles. The Balaban J connectivity index is 2.18. The first-order valence-electron chi connectivity index (χ1n) is 4.95. The summed E-state index contributed by atoms with van der Waals surface area (Å²) in [7, 11) is 0. The Kier molecular flexibility index (Phi) is 1.89. The zero-order valence-corrected chi connectivity index (χ0v) is 8.70. The Morgan fingerprint density at radius 1 is 1.19 bits per heavy atom. The molecule has 0 saturated heterocycles. The molecule has 1 aromatic carbocycles. The van der Waals surface area contributed by atoms with E-state index in [2.05, 4.69) is 20.4 Å². The van der Waals surface area contributed by atoms with Crippen molar-refractivity contribution in [3.63, 3.8) is 0 Å². The molecule has 0 aliphatic carbocycles. The number of tetrazole rings is 1. The number of hydrogen-bond acceptors (Lipinski definition) is 4. The molecule has 0 aliphatic rings. The summed E-state index contributed by atoms with van der Waals surface area (Å²) in [5.74, 6) is 0.646. The molecule has 0 aliphatic heterocycles. The summed E-state index contributed by atoms with van der Waals surface area (Å²) in [4.78, 5) is 5.82. The fourth-order valence-corrected chi connectivity index (χ4v) is 1.56. The Morgan fingerprint density at radius 2 is 2.06 bits per heavy atom. The zero-order chi connectivity index (χ0) is 11.0. The highest BCUT2D eigenvalue weighted by Gasteiger charge is 2.02. The molecule has 5 heteroatoms. The number of aryl methyl sites for hydroxylation is 1. The zero-order valence-electron chi connectivity index (χ0n) is 8.70. The van der Waals surface area contributed by atoms with Crippen LogP contribution in [0.2, 0.25) is 0 Å². The number of rotatable bonds is 1. The quantitative estimate of drug-likeness (QED) is 0.612. The molecule has 2 aromatic heterocycles. The number of benzene rings is 1. The molecule has 0 radical (unpaired) electrons. The van der Waals surface area contributed by atoms with Crippen LogP contribution in [0.15, 0.2) is 36.5 Å². The third-order valence-corrected chi connectivity index (χ3v) is 2.32. The summed E-state index contributed by atoms with van der Waals surface area (Å²) in [6.07, 6.45) is 1.74. The highest BCUT2D eigenvalue weighted by atomic mass is 15.6. The summed E-state index contributed by atoms with van der Waals surface area (Å²) in [6, 6.07) is 9.92. The first-order chi connectivity index (χ1) is 7.83. The van der Waals surface area contributed by atoms with Crippen molar-refractivity contribution in [2.24, 2.45) is 0 Å². The molecule has 0 saturated carbocycles. The van der Waals surface area contributed by atoms with Crippen molar-refractivity contribution in [3.8, 4) is 5.69 Å². The molecule has 0 atom stereocenters. The highest BCUT2D eigenvalue weighted by molar-refractivity contribution is 5.79. The van der Waals surface area contributed by atoms with E-state index >= 15 is 0 Å². The molecule has 3 rings (SSSR count). The van der Waals surface area contributed by atoms with Gasteiger partial charge in [0, 0.05) is 5.39 Å². The van der Waals surface area contributed by atoms with E-state index in [1.54, 1.807) is 13.1 Å². The second kappa shape index (κ2) is 3.37. The lowest BCUT2D eigenvalue weighted by molar-refractivity contribution is 0.717. The fourth-order valence-electron chi connectivity index (χ4n) is 1.56. The average Bonchev–Trinajstić information content (AvgIpc) is 2.75. The van der Waals surface area contributed by atoms with E-state index < -0.39 is 0 Å². The molecule has 16 heavy (non-hydrogen) atoms. The molecule has 0 spiro atoms. The SMILES string of the molecule is Cc1nnn(-c2cnc3ccccc3c2)n1. The van der Waals surface area contributed by atoms with Gasteiger partial charge in [-0.15, -0.1) is 15.0 Å². The van der Waals surface area contributed by atoms with Gasteiger partial charge >= 0.3 is 0 Å². The number of pyridine rings is 1. The number of hydrogen-bond donors (Lipinski definition) is 0. The molecule has 0 bridgehead atoms. The van der Waals surface area contributed by atoms with Crippen LogP contribution in [0.4, 0.5) is 0 Å². The van der Waals surface area contributed by atoms with Gasteiger partial charge in [-0.1, -0.05) is 18.2 Å². The normalized spacial score (nSPS) is 10.8. The first kappa shape index (κ1) is 8.96. The summed E-state index contributed by atoms with van der Waals surface area (Å²) in [5, 5.41) is 13.0. The minimum atomic E-state index is 0.646. The van der Waals surface area contributed by atoms with Gasteiger partial charge in [-0.2, -0.15) is 0 Å². The van der Waals surface area contributed by atoms with Crippen LogP contribution in [-0.4, -0.2) is 25.2 Å². The Bertz CT molecular complexity index is 643. The van der Waals surface area contributed by atoms with Gasteiger partial charge < -0.3 is 0 Å². The third kappa shape index (κ3) is 1.42. The molecule has 5 nitrogen and oxygen atoms in total. The van der Waals surface area contributed by atoms with Gasteiger partial charge in [0.2, 0.25) is 0 Å². The number of para-hydroxylation sites is 1. The first-order valence-corrected chi connectivity index (χ1v) is 4.95. The Labute approximate surface area is 91.7 Å². The van der Waals surface area contributed by atoms with Crippen molar-refractivity contribution in [2.75, 3.05) is 0 Å². The predicted molar refractivity (Wildman–Crippen MR) is 59.2 cm³/mol. The van der Waals surface area contributed by atoms with Gasteiger partial charge in [-0.3, -0.25) is 4.98 Å². The lowest BCUT2D eigenvalue weighted by Crippen LogP contribution is -1.99. The van der Waals surface area contributed by atoms with Crippen molar-refractivity contribution in [2.45, 2.75) is 6.92 Å². The highest BCUT2D eigenvalue weighted by Crippen LogP contribution is 2.14. The molecular weight excluding hydrogens is 202 g/mol. The predicted octanol–water partition coefficient (Wildman–Crippen LogP) is 1.52. The monoisotopic (exact) mass is 211 g/mol. The van der Waals surface area contributed by atoms with Gasteiger partial charge in [-0.05, 0) is 24.3 Å². The maximum atomic E-state index is 4.34. The standard InChI is InChI=1S/C11H9N5/c1-8-13-15-16(14-8)10-6-9-4-2-3-5-11(9)12-7-10/h2-7H,1H3. The number of fused-ring (bicyclic) bond motifs is 1. The second-order valence-electron chi connectivity index (χ2n) is 3.51. The van der Waals surface area contributed by atoms with Crippen LogP contribution in [0.1, 0.15) is 5.82 Å². The van der Waals surface area contributed by atoms with Crippen molar-refractivity contribution in [1.29, 1.82) is 0 Å². The lowest BCUT2D eigenvalue weighted by atomic mass is 10.2. The minimum absolute atomic E-state index is 0.646. The molecule has 0 unspecified atom stereocenters. The summed E-state index contributed by atoms with van der Waals surface area (Å²) in [6.45, 7) is 1.80. The van der Waals surface area contributed by atoms with Crippen LogP contribution in [0.5, 0.6) is 0 Å². The topological polar surface area (TPSA) is 56.5 Å². The lowest BCUT2D eigenvalue weighted by Gasteiger charge is -2.00. The molecular formula is C11H9N5. The van der Waals surface area contributed by atoms with Crippen LogP contribution >= 0.6 is 0 Å². The van der Waals surface area contributed by atoms with E-state index in [0.29, 0.717) is 5.82 Å². The van der Waals surface area contributed by atoms with Gasteiger partial charge in [0.15, 0.2) is 5.82 Å². The average molecular weight is 211 g/mol. The maximum absolute atomic E-state index is 4.34. The van der Waals surface area contributed by atoms with Gasteiger partial charge in [0.05, 0.1) is 11.7 Å². The van der Waals surface area contributed by atoms with Crippen LogP contribution in [-0.2, 0) is 0 Å². The Morgan fingerprint density at radius 3 is 2.88 bits per heavy atom. The number of nitrogens with zero attached hydrogens (tertiary/aromatic N) is 5. The summed E-state index contributed by atoms with van der Waals surface area (Å²) in [5.41, 5.74) is 1.78. The smallest absolute Gasteiger partial charge is 0.172 e. The van der Waals surface area contributed by atoms with Crippen LogP contribution in [0.25, 0.3) is 16.6 Å². The molecule has 3 aromatic rings. The van der Waals surface area contributed by atoms with E-state index in [1.165, 1.54) is 4.80 Å². The minimum Gasteiger partial charge on any atom is -0.254 e. The second-order valence-corrected chi connectivity index (χ2v) is 3.51. The van der Waals surface area contributed by atoms with Crippen LogP contribution < -0.4 is 0 Å². The molecule has 0 amide bonds. The van der Waals surface area contributed by atoms with E-state index in [-0.39, 0.29) is 0 Å². The summed E-state index contributed by atoms with van der Waals surface area (Å²) < 4.78 is 0.